The summed E-state index contributed by atoms with van der Waals surface area (Å²) in [4.78, 5) is 27.5. The van der Waals surface area contributed by atoms with Gasteiger partial charge in [0, 0.05) is 11.6 Å². The highest BCUT2D eigenvalue weighted by molar-refractivity contribution is 6.31. The van der Waals surface area contributed by atoms with Gasteiger partial charge in [-0.1, -0.05) is 11.6 Å². The molecule has 5 nitrogen and oxygen atoms in total. The fraction of sp³-hybridized carbons (Fsp3) is 0.467. The number of carbonyl (C=O) groups is 2. The summed E-state index contributed by atoms with van der Waals surface area (Å²) in [7, 11) is 0. The number of hydrogen-bond donors (Lipinski definition) is 0. The van der Waals surface area contributed by atoms with Crippen LogP contribution in [0.2, 0.25) is 5.02 Å². The normalized spacial score (nSPS) is 17.5. The number of hydrogen-bond acceptors (Lipinski definition) is 4. The molecule has 3 rings (SSSR count). The maximum atomic E-state index is 14.1. The molecule has 22 heavy (non-hydrogen) atoms. The predicted octanol–water partition coefficient (Wildman–Crippen LogP) is 3.33. The third kappa shape index (κ3) is 2.31. The molecule has 0 saturated heterocycles. The van der Waals surface area contributed by atoms with Gasteiger partial charge in [-0.2, -0.15) is 0 Å². The van der Waals surface area contributed by atoms with E-state index in [0.29, 0.717) is 5.69 Å². The molecular formula is C15H16ClFN2O3. The first-order valence-electron chi connectivity index (χ1n) is 7.19. The minimum Gasteiger partial charge on any atom is -0.449 e. The maximum Gasteiger partial charge on any atom is 0.418 e. The van der Waals surface area contributed by atoms with Gasteiger partial charge in [0.1, 0.15) is 12.5 Å². The van der Waals surface area contributed by atoms with Crippen molar-refractivity contribution in [3.05, 3.63) is 28.0 Å². The zero-order valence-electron chi connectivity index (χ0n) is 12.4. The van der Waals surface area contributed by atoms with Crippen LogP contribution in [0.5, 0.6) is 0 Å². The van der Waals surface area contributed by atoms with Gasteiger partial charge < -0.3 is 9.64 Å². The number of fused-ring (bicyclic) bond motifs is 1. The molecule has 1 heterocycles. The van der Waals surface area contributed by atoms with Gasteiger partial charge in [0.25, 0.3) is 5.91 Å². The summed E-state index contributed by atoms with van der Waals surface area (Å²) in [6.45, 7) is 3.45. The van der Waals surface area contributed by atoms with Gasteiger partial charge in [-0.05, 0) is 32.8 Å². The van der Waals surface area contributed by atoms with Gasteiger partial charge in [-0.3, -0.25) is 4.79 Å². The Morgan fingerprint density at radius 2 is 2.18 bits per heavy atom. The van der Waals surface area contributed by atoms with Gasteiger partial charge >= 0.3 is 6.09 Å². The van der Waals surface area contributed by atoms with Crippen molar-refractivity contribution < 1.29 is 18.7 Å². The standard InChI is InChI=1S/C15H16ClFN2O3/c1-3-22-15(21)19-7-18(9-4-5-9)11-6-10(16)13(17)8(2)12(11)14(19)20/h6,9H,3-5,7H2,1-2H3. The van der Waals surface area contributed by atoms with Crippen LogP contribution in [0.3, 0.4) is 0 Å². The number of amides is 2. The quantitative estimate of drug-likeness (QED) is 0.836. The van der Waals surface area contributed by atoms with Crippen molar-refractivity contribution in [1.29, 1.82) is 0 Å². The highest BCUT2D eigenvalue weighted by Gasteiger charge is 2.41. The zero-order valence-corrected chi connectivity index (χ0v) is 13.1. The van der Waals surface area contributed by atoms with Crippen molar-refractivity contribution in [3.8, 4) is 0 Å². The van der Waals surface area contributed by atoms with Crippen LogP contribution in [-0.2, 0) is 4.74 Å². The van der Waals surface area contributed by atoms with E-state index in [1.165, 1.54) is 13.0 Å². The molecule has 118 valence electrons. The lowest BCUT2D eigenvalue weighted by Crippen LogP contribution is -2.51. The monoisotopic (exact) mass is 326 g/mol. The zero-order chi connectivity index (χ0) is 16.0. The maximum absolute atomic E-state index is 14.1. The second-order valence-corrected chi connectivity index (χ2v) is 5.87. The number of anilines is 1. The smallest absolute Gasteiger partial charge is 0.418 e. The molecule has 1 aliphatic carbocycles. The molecular weight excluding hydrogens is 311 g/mol. The lowest BCUT2D eigenvalue weighted by molar-refractivity contribution is 0.0656. The Hall–Kier alpha value is -1.82. The van der Waals surface area contributed by atoms with Gasteiger partial charge in [0.2, 0.25) is 0 Å². The summed E-state index contributed by atoms with van der Waals surface area (Å²) >= 11 is 5.92. The molecule has 0 atom stereocenters. The molecule has 1 saturated carbocycles. The van der Waals surface area contributed by atoms with E-state index >= 15 is 0 Å². The number of carbonyl (C=O) groups excluding carboxylic acids is 2. The molecule has 0 bridgehead atoms. The first kappa shape index (κ1) is 15.1. The number of nitrogens with zero attached hydrogens (tertiary/aromatic N) is 2. The van der Waals surface area contributed by atoms with Crippen LogP contribution in [0.4, 0.5) is 14.9 Å². The van der Waals surface area contributed by atoms with Crippen LogP contribution in [0.15, 0.2) is 6.07 Å². The molecule has 1 aromatic rings. The van der Waals surface area contributed by atoms with Crippen LogP contribution in [-0.4, -0.2) is 36.2 Å². The van der Waals surface area contributed by atoms with Crippen molar-refractivity contribution >= 4 is 29.3 Å². The van der Waals surface area contributed by atoms with E-state index in [0.717, 1.165) is 17.7 Å². The van der Waals surface area contributed by atoms with Gasteiger partial charge in [-0.15, -0.1) is 0 Å². The SMILES string of the molecule is CCOC(=O)N1CN(C2CC2)c2cc(Cl)c(F)c(C)c2C1=O. The van der Waals surface area contributed by atoms with Crippen molar-refractivity contribution in [3.63, 3.8) is 0 Å². The van der Waals surface area contributed by atoms with Crippen LogP contribution < -0.4 is 4.90 Å². The molecule has 0 radical (unpaired) electrons. The topological polar surface area (TPSA) is 49.9 Å². The van der Waals surface area contributed by atoms with E-state index in [2.05, 4.69) is 0 Å². The van der Waals surface area contributed by atoms with Crippen LogP contribution >= 0.6 is 11.6 Å². The number of rotatable bonds is 2. The van der Waals surface area contributed by atoms with Crippen LogP contribution in [0, 0.1) is 12.7 Å². The van der Waals surface area contributed by atoms with Crippen molar-refractivity contribution in [1.82, 2.24) is 4.90 Å². The first-order valence-corrected chi connectivity index (χ1v) is 7.57. The fourth-order valence-electron chi connectivity index (χ4n) is 2.70. The molecule has 1 aromatic carbocycles. The van der Waals surface area contributed by atoms with E-state index in [1.54, 1.807) is 6.92 Å². The van der Waals surface area contributed by atoms with E-state index in [9.17, 15) is 14.0 Å². The highest BCUT2D eigenvalue weighted by Crippen LogP contribution is 2.40. The predicted molar refractivity (Wildman–Crippen MR) is 79.7 cm³/mol. The molecule has 0 unspecified atom stereocenters. The molecule has 1 fully saturated rings. The minimum absolute atomic E-state index is 0.0146. The Bertz CT molecular complexity index is 661. The average molecular weight is 327 g/mol. The Morgan fingerprint density at radius 3 is 2.77 bits per heavy atom. The van der Waals surface area contributed by atoms with E-state index in [1.807, 2.05) is 4.90 Å². The Kier molecular flexibility index (Phi) is 3.72. The van der Waals surface area contributed by atoms with E-state index in [-0.39, 0.29) is 35.5 Å². The average Bonchev–Trinajstić information content (AvgIpc) is 3.29. The summed E-state index contributed by atoms with van der Waals surface area (Å²) < 4.78 is 19.0. The molecule has 0 aromatic heterocycles. The Morgan fingerprint density at radius 1 is 1.50 bits per heavy atom. The number of benzene rings is 1. The number of ether oxygens (including phenoxy) is 1. The third-order valence-corrected chi connectivity index (χ3v) is 4.25. The summed E-state index contributed by atoms with van der Waals surface area (Å²) in [6, 6.07) is 1.71. The molecule has 0 N–H and O–H groups in total. The second kappa shape index (κ2) is 5.43. The summed E-state index contributed by atoms with van der Waals surface area (Å²) in [5, 5.41) is -0.0146. The van der Waals surface area contributed by atoms with E-state index < -0.39 is 17.8 Å². The number of halogens is 2. The Balaban J connectivity index is 2.10. The molecule has 1 aliphatic heterocycles. The number of imide groups is 1. The van der Waals surface area contributed by atoms with Crippen molar-refractivity contribution in [2.45, 2.75) is 32.7 Å². The van der Waals surface area contributed by atoms with Crippen molar-refractivity contribution in [2.24, 2.45) is 0 Å². The molecule has 7 heteroatoms. The molecule has 2 aliphatic rings. The fourth-order valence-corrected chi connectivity index (χ4v) is 2.95. The summed E-state index contributed by atoms with van der Waals surface area (Å²) in [5.41, 5.74) is 0.942. The third-order valence-electron chi connectivity index (χ3n) is 3.97. The molecule has 2 amide bonds. The second-order valence-electron chi connectivity index (χ2n) is 5.47. The van der Waals surface area contributed by atoms with Gasteiger partial charge in [0.05, 0.1) is 22.9 Å². The van der Waals surface area contributed by atoms with Gasteiger partial charge in [-0.25, -0.2) is 14.1 Å². The molecule has 0 spiro atoms. The largest absolute Gasteiger partial charge is 0.449 e. The van der Waals surface area contributed by atoms with Gasteiger partial charge in [0.15, 0.2) is 0 Å². The lowest BCUT2D eigenvalue weighted by atomic mass is 10.0. The van der Waals surface area contributed by atoms with Crippen molar-refractivity contribution in [2.75, 3.05) is 18.2 Å². The van der Waals surface area contributed by atoms with Crippen LogP contribution in [0.1, 0.15) is 35.7 Å². The summed E-state index contributed by atoms with van der Waals surface area (Å²) in [6.07, 6.45) is 1.23. The Labute approximate surface area is 132 Å². The van der Waals surface area contributed by atoms with E-state index in [4.69, 9.17) is 16.3 Å². The minimum atomic E-state index is -0.710. The lowest BCUT2D eigenvalue weighted by Gasteiger charge is -2.37. The highest BCUT2D eigenvalue weighted by atomic mass is 35.5. The van der Waals surface area contributed by atoms with Crippen LogP contribution in [0.25, 0.3) is 0 Å². The first-order chi connectivity index (χ1) is 10.5. The summed E-state index contributed by atoms with van der Waals surface area (Å²) in [5.74, 6) is -1.17.